The number of nitrogens with two attached hydrogens (primary N) is 1. The first-order chi connectivity index (χ1) is 12.0. The third kappa shape index (κ3) is 4.03. The van der Waals surface area contributed by atoms with Gasteiger partial charge >= 0.3 is 6.18 Å². The molecule has 0 aliphatic carbocycles. The molecule has 0 atom stereocenters. The van der Waals surface area contributed by atoms with Crippen molar-refractivity contribution in [2.24, 2.45) is 5.73 Å². The quantitative estimate of drug-likeness (QED) is 0.770. The van der Waals surface area contributed by atoms with Gasteiger partial charge in [-0.2, -0.15) is 18.0 Å². The summed E-state index contributed by atoms with van der Waals surface area (Å²) in [5, 5.41) is 12.3. The number of hydrogen-bond donors (Lipinski definition) is 1. The number of halogens is 3. The highest BCUT2D eigenvalue weighted by Gasteiger charge is 2.29. The van der Waals surface area contributed by atoms with E-state index in [2.05, 4.69) is 15.4 Å². The third-order valence-electron chi connectivity index (χ3n) is 3.72. The Morgan fingerprint density at radius 1 is 1.00 bits per heavy atom. The predicted molar refractivity (Wildman–Crippen MR) is 86.6 cm³/mol. The van der Waals surface area contributed by atoms with Crippen LogP contribution in [0.25, 0.3) is 11.4 Å². The molecule has 1 aromatic heterocycles. The average molecular weight is 347 g/mol. The highest BCUT2D eigenvalue weighted by molar-refractivity contribution is 5.60. The second kappa shape index (κ2) is 7.02. The molecule has 8 heteroatoms. The molecule has 0 radical (unpaired) electrons. The average Bonchev–Trinajstić information content (AvgIpc) is 3.04. The first-order valence-corrected chi connectivity index (χ1v) is 7.69. The summed E-state index contributed by atoms with van der Waals surface area (Å²) in [4.78, 5) is 1.42. The molecule has 0 saturated carbocycles. The van der Waals surface area contributed by atoms with Crippen molar-refractivity contribution in [3.8, 4) is 11.4 Å². The van der Waals surface area contributed by atoms with Crippen LogP contribution >= 0.6 is 0 Å². The Kier molecular flexibility index (Phi) is 4.80. The van der Waals surface area contributed by atoms with E-state index in [1.165, 1.54) is 16.9 Å². The molecule has 0 amide bonds. The predicted octanol–water partition coefficient (Wildman–Crippen LogP) is 2.91. The Morgan fingerprint density at radius 3 is 2.40 bits per heavy atom. The van der Waals surface area contributed by atoms with Gasteiger partial charge in [0.15, 0.2) is 0 Å². The van der Waals surface area contributed by atoms with Gasteiger partial charge in [-0.05, 0) is 34.9 Å². The minimum atomic E-state index is -4.33. The summed E-state index contributed by atoms with van der Waals surface area (Å²) in [6, 6.07) is 12.6. The molecule has 0 bridgehead atoms. The van der Waals surface area contributed by atoms with E-state index in [-0.39, 0.29) is 0 Å². The Labute approximate surface area is 142 Å². The van der Waals surface area contributed by atoms with E-state index in [1.807, 2.05) is 24.3 Å². The van der Waals surface area contributed by atoms with Crippen LogP contribution in [0.5, 0.6) is 0 Å². The van der Waals surface area contributed by atoms with Crippen molar-refractivity contribution in [2.75, 3.05) is 6.54 Å². The summed E-state index contributed by atoms with van der Waals surface area (Å²) < 4.78 is 38.0. The Balaban J connectivity index is 1.85. The minimum Gasteiger partial charge on any atom is -0.329 e. The van der Waals surface area contributed by atoms with Crippen LogP contribution in [-0.4, -0.2) is 26.8 Å². The van der Waals surface area contributed by atoms with Crippen molar-refractivity contribution in [1.29, 1.82) is 0 Å². The molecule has 3 rings (SSSR count). The number of tetrazole rings is 1. The lowest BCUT2D eigenvalue weighted by Crippen LogP contribution is -2.12. The fourth-order valence-electron chi connectivity index (χ4n) is 2.49. The van der Waals surface area contributed by atoms with E-state index in [0.717, 1.165) is 28.8 Å². The highest BCUT2D eigenvalue weighted by atomic mass is 19.4. The molecular weight excluding hydrogens is 331 g/mol. The zero-order valence-corrected chi connectivity index (χ0v) is 13.2. The molecule has 130 valence electrons. The van der Waals surface area contributed by atoms with E-state index in [4.69, 9.17) is 5.73 Å². The summed E-state index contributed by atoms with van der Waals surface area (Å²) in [7, 11) is 0. The van der Waals surface area contributed by atoms with Crippen molar-refractivity contribution in [3.05, 3.63) is 65.2 Å². The molecule has 1 heterocycles. The topological polar surface area (TPSA) is 69.6 Å². The van der Waals surface area contributed by atoms with Gasteiger partial charge in [-0.1, -0.05) is 36.4 Å². The molecule has 0 unspecified atom stereocenters. The molecule has 0 saturated heterocycles. The first-order valence-electron chi connectivity index (χ1n) is 7.69. The van der Waals surface area contributed by atoms with Crippen LogP contribution in [-0.2, 0) is 19.1 Å². The fraction of sp³-hybridized carbons (Fsp3) is 0.235. The van der Waals surface area contributed by atoms with E-state index in [0.29, 0.717) is 25.3 Å². The zero-order chi connectivity index (χ0) is 17.9. The number of alkyl halides is 3. The molecule has 0 aliphatic rings. The SMILES string of the molecule is NCCn1nnc(-c2ccccc2Cc2ccc(C(F)(F)F)cc2)n1. The number of benzene rings is 2. The van der Waals surface area contributed by atoms with E-state index in [1.54, 1.807) is 0 Å². The van der Waals surface area contributed by atoms with Gasteiger partial charge in [0.25, 0.3) is 0 Å². The summed E-state index contributed by atoms with van der Waals surface area (Å²) in [6.07, 6.45) is -3.86. The van der Waals surface area contributed by atoms with E-state index < -0.39 is 11.7 Å². The second-order valence-corrected chi connectivity index (χ2v) is 5.53. The van der Waals surface area contributed by atoms with Crippen LogP contribution in [0, 0.1) is 0 Å². The van der Waals surface area contributed by atoms with Gasteiger partial charge in [0.05, 0.1) is 12.1 Å². The van der Waals surface area contributed by atoms with Gasteiger partial charge < -0.3 is 5.73 Å². The van der Waals surface area contributed by atoms with Crippen molar-refractivity contribution in [3.63, 3.8) is 0 Å². The standard InChI is InChI=1S/C17H16F3N5/c18-17(19,20)14-7-5-12(6-8-14)11-13-3-1-2-4-15(13)16-22-24-25(23-16)10-9-21/h1-8H,9-11,21H2. The van der Waals surface area contributed by atoms with Crippen LogP contribution in [0.3, 0.4) is 0 Å². The van der Waals surface area contributed by atoms with E-state index >= 15 is 0 Å². The summed E-state index contributed by atoms with van der Waals surface area (Å²) in [5.41, 5.74) is 7.30. The van der Waals surface area contributed by atoms with Crippen molar-refractivity contribution in [1.82, 2.24) is 20.2 Å². The molecule has 25 heavy (non-hydrogen) atoms. The Morgan fingerprint density at radius 2 is 1.72 bits per heavy atom. The zero-order valence-electron chi connectivity index (χ0n) is 13.2. The largest absolute Gasteiger partial charge is 0.416 e. The lowest BCUT2D eigenvalue weighted by molar-refractivity contribution is -0.137. The molecule has 5 nitrogen and oxygen atoms in total. The van der Waals surface area contributed by atoms with Gasteiger partial charge in [-0.15, -0.1) is 10.2 Å². The number of aromatic nitrogens is 4. The van der Waals surface area contributed by atoms with Gasteiger partial charge in [-0.3, -0.25) is 0 Å². The summed E-state index contributed by atoms with van der Waals surface area (Å²) >= 11 is 0. The molecule has 0 aliphatic heterocycles. The number of nitrogens with zero attached hydrogens (tertiary/aromatic N) is 4. The van der Waals surface area contributed by atoms with Gasteiger partial charge in [0.1, 0.15) is 0 Å². The lowest BCUT2D eigenvalue weighted by Gasteiger charge is -2.09. The minimum absolute atomic E-state index is 0.406. The van der Waals surface area contributed by atoms with Crippen LogP contribution in [0.15, 0.2) is 48.5 Å². The maximum absolute atomic E-state index is 12.7. The maximum atomic E-state index is 12.7. The Hall–Kier alpha value is -2.74. The molecule has 0 fully saturated rings. The first kappa shape index (κ1) is 17.1. The highest BCUT2D eigenvalue weighted by Crippen LogP contribution is 2.30. The Bertz CT molecular complexity index is 840. The van der Waals surface area contributed by atoms with Crippen LogP contribution in [0.1, 0.15) is 16.7 Å². The molecule has 2 aromatic carbocycles. The molecular formula is C17H16F3N5. The van der Waals surface area contributed by atoms with Gasteiger partial charge in [0, 0.05) is 12.1 Å². The van der Waals surface area contributed by atoms with Gasteiger partial charge in [0.2, 0.25) is 5.82 Å². The maximum Gasteiger partial charge on any atom is 0.416 e. The van der Waals surface area contributed by atoms with E-state index in [9.17, 15) is 13.2 Å². The van der Waals surface area contributed by atoms with Crippen LogP contribution < -0.4 is 5.73 Å². The summed E-state index contributed by atoms with van der Waals surface area (Å²) in [5.74, 6) is 0.468. The monoisotopic (exact) mass is 347 g/mol. The van der Waals surface area contributed by atoms with Crippen molar-refractivity contribution < 1.29 is 13.2 Å². The fourth-order valence-corrected chi connectivity index (χ4v) is 2.49. The summed E-state index contributed by atoms with van der Waals surface area (Å²) in [6.45, 7) is 0.872. The lowest BCUT2D eigenvalue weighted by atomic mass is 9.98. The molecule has 2 N–H and O–H groups in total. The van der Waals surface area contributed by atoms with Crippen LogP contribution in [0.4, 0.5) is 13.2 Å². The van der Waals surface area contributed by atoms with Crippen molar-refractivity contribution >= 4 is 0 Å². The van der Waals surface area contributed by atoms with Gasteiger partial charge in [-0.25, -0.2) is 0 Å². The number of rotatable bonds is 5. The molecule has 3 aromatic rings. The number of hydrogen-bond acceptors (Lipinski definition) is 4. The van der Waals surface area contributed by atoms with Crippen molar-refractivity contribution in [2.45, 2.75) is 19.1 Å². The normalized spacial score (nSPS) is 11.7. The van der Waals surface area contributed by atoms with Crippen LogP contribution in [0.2, 0.25) is 0 Å². The molecule has 0 spiro atoms. The smallest absolute Gasteiger partial charge is 0.329 e. The third-order valence-corrected chi connectivity index (χ3v) is 3.72. The second-order valence-electron chi connectivity index (χ2n) is 5.53.